The van der Waals surface area contributed by atoms with Crippen LogP contribution in [0.25, 0.3) is 10.9 Å². The van der Waals surface area contributed by atoms with Gasteiger partial charge in [0, 0.05) is 50.5 Å². The molecule has 1 aliphatic rings. The minimum absolute atomic E-state index is 0.993. The summed E-state index contributed by atoms with van der Waals surface area (Å²) in [6, 6.07) is 12.7. The van der Waals surface area contributed by atoms with E-state index in [0.717, 1.165) is 44.1 Å². The second-order valence-electron chi connectivity index (χ2n) is 6.83. The van der Waals surface area contributed by atoms with E-state index >= 15 is 0 Å². The fourth-order valence-corrected chi connectivity index (χ4v) is 3.67. The summed E-state index contributed by atoms with van der Waals surface area (Å²) < 4.78 is 0. The Kier molecular flexibility index (Phi) is 4.36. The Hall–Kier alpha value is -2.46. The van der Waals surface area contributed by atoms with Crippen LogP contribution >= 0.6 is 0 Å². The first-order valence-electron chi connectivity index (χ1n) is 8.94. The van der Waals surface area contributed by atoms with Crippen LogP contribution in [-0.4, -0.2) is 41.0 Å². The molecule has 3 heterocycles. The molecule has 25 heavy (non-hydrogen) atoms. The first-order chi connectivity index (χ1) is 12.2. The molecule has 1 saturated heterocycles. The molecule has 0 amide bonds. The predicted octanol–water partition coefficient (Wildman–Crippen LogP) is 3.57. The summed E-state index contributed by atoms with van der Waals surface area (Å²) in [5.41, 5.74) is 5.07. The van der Waals surface area contributed by atoms with Crippen LogP contribution in [0.2, 0.25) is 0 Å². The average Bonchev–Trinajstić information content (AvgIpc) is 2.65. The average molecular weight is 332 g/mol. The monoisotopic (exact) mass is 332 g/mol. The summed E-state index contributed by atoms with van der Waals surface area (Å²) >= 11 is 0. The summed E-state index contributed by atoms with van der Waals surface area (Å²) in [4.78, 5) is 14.1. The Morgan fingerprint density at radius 2 is 1.64 bits per heavy atom. The molecule has 0 N–H and O–H groups in total. The Balaban J connectivity index is 1.45. The third-order valence-electron chi connectivity index (χ3n) is 5.19. The van der Waals surface area contributed by atoms with Crippen molar-refractivity contribution >= 4 is 16.7 Å². The molecule has 128 valence electrons. The van der Waals surface area contributed by atoms with E-state index in [4.69, 9.17) is 0 Å². The van der Waals surface area contributed by atoms with Gasteiger partial charge in [0.15, 0.2) is 0 Å². The van der Waals surface area contributed by atoms with Crippen molar-refractivity contribution in [2.24, 2.45) is 0 Å². The van der Waals surface area contributed by atoms with Gasteiger partial charge in [-0.15, -0.1) is 0 Å². The van der Waals surface area contributed by atoms with Crippen LogP contribution in [0.4, 0.5) is 5.82 Å². The number of rotatable bonds is 3. The molecule has 1 aromatic carbocycles. The molecular weight excluding hydrogens is 308 g/mol. The maximum Gasteiger partial charge on any atom is 0.131 e. The minimum atomic E-state index is 0.993. The van der Waals surface area contributed by atoms with E-state index in [1.54, 1.807) is 0 Å². The van der Waals surface area contributed by atoms with E-state index in [2.05, 4.69) is 57.9 Å². The van der Waals surface area contributed by atoms with Gasteiger partial charge < -0.3 is 4.90 Å². The molecule has 0 bridgehead atoms. The number of piperazine rings is 1. The lowest BCUT2D eigenvalue weighted by molar-refractivity contribution is 0.249. The Morgan fingerprint density at radius 1 is 0.880 bits per heavy atom. The smallest absolute Gasteiger partial charge is 0.131 e. The van der Waals surface area contributed by atoms with Crippen molar-refractivity contribution in [1.82, 2.24) is 14.9 Å². The van der Waals surface area contributed by atoms with Gasteiger partial charge in [-0.1, -0.05) is 24.3 Å². The normalized spacial score (nSPS) is 15.7. The van der Waals surface area contributed by atoms with Crippen LogP contribution in [0.3, 0.4) is 0 Å². The van der Waals surface area contributed by atoms with E-state index in [9.17, 15) is 0 Å². The van der Waals surface area contributed by atoms with Gasteiger partial charge >= 0.3 is 0 Å². The topological polar surface area (TPSA) is 32.3 Å². The van der Waals surface area contributed by atoms with Gasteiger partial charge in [0.25, 0.3) is 0 Å². The molecule has 3 aromatic rings. The molecular formula is C21H24N4. The maximum atomic E-state index is 4.56. The number of hydrogen-bond donors (Lipinski definition) is 0. The second-order valence-corrected chi connectivity index (χ2v) is 6.83. The zero-order valence-corrected chi connectivity index (χ0v) is 14.9. The van der Waals surface area contributed by atoms with Crippen LogP contribution in [0.1, 0.15) is 16.7 Å². The fourth-order valence-electron chi connectivity index (χ4n) is 3.67. The highest BCUT2D eigenvalue weighted by molar-refractivity contribution is 5.82. The number of hydrogen-bond acceptors (Lipinski definition) is 4. The van der Waals surface area contributed by atoms with Crippen molar-refractivity contribution in [3.05, 3.63) is 65.5 Å². The quantitative estimate of drug-likeness (QED) is 0.734. The van der Waals surface area contributed by atoms with Gasteiger partial charge in [0.05, 0.1) is 5.52 Å². The number of benzene rings is 1. The standard InChI is InChI=1S/C21H24N4/c1-16-5-3-10-23-21(16)25-13-11-24(12-14-25)15-19-8-7-18-6-4-9-22-20(18)17(19)2/h3-10H,11-15H2,1-2H3. The second kappa shape index (κ2) is 6.81. The Morgan fingerprint density at radius 3 is 2.44 bits per heavy atom. The maximum absolute atomic E-state index is 4.56. The first-order valence-corrected chi connectivity index (χ1v) is 8.94. The zero-order valence-electron chi connectivity index (χ0n) is 14.9. The molecule has 4 rings (SSSR count). The van der Waals surface area contributed by atoms with Crippen LogP contribution < -0.4 is 4.90 Å². The zero-order chi connectivity index (χ0) is 17.2. The molecule has 0 atom stereocenters. The van der Waals surface area contributed by atoms with Crippen LogP contribution in [0.15, 0.2) is 48.8 Å². The number of nitrogens with zero attached hydrogens (tertiary/aromatic N) is 4. The highest BCUT2D eigenvalue weighted by Crippen LogP contribution is 2.22. The van der Waals surface area contributed by atoms with Crippen molar-refractivity contribution in [2.45, 2.75) is 20.4 Å². The third-order valence-corrected chi connectivity index (χ3v) is 5.19. The van der Waals surface area contributed by atoms with Gasteiger partial charge in [-0.25, -0.2) is 4.98 Å². The number of anilines is 1. The van der Waals surface area contributed by atoms with Crippen LogP contribution in [0, 0.1) is 13.8 Å². The molecule has 2 aromatic heterocycles. The highest BCUT2D eigenvalue weighted by atomic mass is 15.3. The number of fused-ring (bicyclic) bond motifs is 1. The molecule has 4 nitrogen and oxygen atoms in total. The van der Waals surface area contributed by atoms with E-state index in [-0.39, 0.29) is 0 Å². The molecule has 0 aliphatic carbocycles. The molecule has 0 radical (unpaired) electrons. The van der Waals surface area contributed by atoms with Gasteiger partial charge in [-0.05, 0) is 42.7 Å². The molecule has 0 unspecified atom stereocenters. The van der Waals surface area contributed by atoms with Gasteiger partial charge in [0.1, 0.15) is 5.82 Å². The Labute approximate surface area is 149 Å². The summed E-state index contributed by atoms with van der Waals surface area (Å²) in [6.07, 6.45) is 3.77. The van der Waals surface area contributed by atoms with E-state index < -0.39 is 0 Å². The largest absolute Gasteiger partial charge is 0.354 e. The van der Waals surface area contributed by atoms with Crippen molar-refractivity contribution in [3.63, 3.8) is 0 Å². The molecule has 1 fully saturated rings. The highest BCUT2D eigenvalue weighted by Gasteiger charge is 2.20. The summed E-state index contributed by atoms with van der Waals surface area (Å²) in [7, 11) is 0. The Bertz CT molecular complexity index is 882. The first kappa shape index (κ1) is 16.0. The van der Waals surface area contributed by atoms with E-state index in [0.29, 0.717) is 0 Å². The van der Waals surface area contributed by atoms with Crippen molar-refractivity contribution < 1.29 is 0 Å². The lowest BCUT2D eigenvalue weighted by Crippen LogP contribution is -2.46. The summed E-state index contributed by atoms with van der Waals surface area (Å²) in [5, 5.41) is 1.22. The van der Waals surface area contributed by atoms with E-state index in [1.165, 1.54) is 22.1 Å². The van der Waals surface area contributed by atoms with Crippen molar-refractivity contribution in [2.75, 3.05) is 31.1 Å². The van der Waals surface area contributed by atoms with Gasteiger partial charge in [-0.3, -0.25) is 9.88 Å². The molecule has 0 saturated carbocycles. The lowest BCUT2D eigenvalue weighted by Gasteiger charge is -2.36. The van der Waals surface area contributed by atoms with Crippen LogP contribution in [-0.2, 0) is 6.54 Å². The minimum Gasteiger partial charge on any atom is -0.354 e. The lowest BCUT2D eigenvalue weighted by atomic mass is 10.0. The van der Waals surface area contributed by atoms with Crippen molar-refractivity contribution in [1.29, 1.82) is 0 Å². The van der Waals surface area contributed by atoms with E-state index in [1.807, 2.05) is 24.5 Å². The SMILES string of the molecule is Cc1cccnc1N1CCN(Cc2ccc3cccnc3c2C)CC1. The third kappa shape index (κ3) is 3.22. The number of aryl methyl sites for hydroxylation is 2. The van der Waals surface area contributed by atoms with Gasteiger partial charge in [0.2, 0.25) is 0 Å². The summed E-state index contributed by atoms with van der Waals surface area (Å²) in [6.45, 7) is 9.52. The van der Waals surface area contributed by atoms with Crippen molar-refractivity contribution in [3.8, 4) is 0 Å². The fraction of sp³-hybridized carbons (Fsp3) is 0.333. The molecule has 4 heteroatoms. The summed E-state index contributed by atoms with van der Waals surface area (Å²) in [5.74, 6) is 1.13. The van der Waals surface area contributed by atoms with Crippen LogP contribution in [0.5, 0.6) is 0 Å². The number of pyridine rings is 2. The molecule has 0 spiro atoms. The predicted molar refractivity (Wildman–Crippen MR) is 103 cm³/mol. The number of aromatic nitrogens is 2. The van der Waals surface area contributed by atoms with Gasteiger partial charge in [-0.2, -0.15) is 0 Å². The molecule has 1 aliphatic heterocycles.